The lowest BCUT2D eigenvalue weighted by Gasteiger charge is -2.33. The molecule has 0 spiro atoms. The largest absolute Gasteiger partial charge is 0.478 e. The number of anilines is 1. The lowest BCUT2D eigenvalue weighted by Crippen LogP contribution is -2.36. The van der Waals surface area contributed by atoms with Gasteiger partial charge >= 0.3 is 0 Å². The molecule has 1 aliphatic heterocycles. The van der Waals surface area contributed by atoms with E-state index in [1.54, 1.807) is 0 Å². The summed E-state index contributed by atoms with van der Waals surface area (Å²) in [6.45, 7) is 5.58. The van der Waals surface area contributed by atoms with E-state index in [1.165, 1.54) is 12.8 Å². The summed E-state index contributed by atoms with van der Waals surface area (Å²) in [7, 11) is 0. The van der Waals surface area contributed by atoms with Gasteiger partial charge in [0.1, 0.15) is 5.82 Å². The minimum atomic E-state index is 0.659. The molecule has 0 radical (unpaired) electrons. The maximum atomic E-state index is 5.65. The fourth-order valence-corrected chi connectivity index (χ4v) is 2.55. The van der Waals surface area contributed by atoms with Crippen molar-refractivity contribution < 1.29 is 4.74 Å². The highest BCUT2D eigenvalue weighted by Crippen LogP contribution is 2.24. The van der Waals surface area contributed by atoms with E-state index in [9.17, 15) is 0 Å². The summed E-state index contributed by atoms with van der Waals surface area (Å²) in [6.07, 6.45) is 3.63. The first-order valence-electron chi connectivity index (χ1n) is 6.88. The Kier molecular flexibility index (Phi) is 4.81. The first-order valence-corrected chi connectivity index (χ1v) is 6.88. The molecule has 0 amide bonds. The number of pyridine rings is 1. The molecule has 2 rings (SSSR count). The van der Waals surface area contributed by atoms with Crippen molar-refractivity contribution in [3.63, 3.8) is 0 Å². The molecular formula is C14H23N3O. The van der Waals surface area contributed by atoms with Gasteiger partial charge in [0.2, 0.25) is 5.88 Å². The summed E-state index contributed by atoms with van der Waals surface area (Å²) in [5, 5.41) is 0. The zero-order valence-electron chi connectivity index (χ0n) is 11.1. The third-order valence-corrected chi connectivity index (χ3v) is 3.42. The van der Waals surface area contributed by atoms with Gasteiger partial charge in [-0.3, -0.25) is 0 Å². The van der Waals surface area contributed by atoms with Crippen molar-refractivity contribution in [3.05, 3.63) is 18.2 Å². The Balaban J connectivity index is 2.03. The standard InChI is InChI=1S/C14H23N3O/c1-2-18-14-7-3-6-13(16-14)17-10-4-5-12(11-17)8-9-15/h3,6-7,12H,2,4-5,8-11,15H2,1H3. The molecule has 1 unspecified atom stereocenters. The fraction of sp³-hybridized carbons (Fsp3) is 0.643. The number of nitrogens with zero attached hydrogens (tertiary/aromatic N) is 2. The van der Waals surface area contributed by atoms with E-state index in [-0.39, 0.29) is 0 Å². The molecule has 18 heavy (non-hydrogen) atoms. The third kappa shape index (κ3) is 3.35. The summed E-state index contributed by atoms with van der Waals surface area (Å²) in [5.41, 5.74) is 5.65. The van der Waals surface area contributed by atoms with Crippen molar-refractivity contribution >= 4 is 5.82 Å². The highest BCUT2D eigenvalue weighted by atomic mass is 16.5. The SMILES string of the molecule is CCOc1cccc(N2CCCC(CCN)C2)n1. The normalized spacial score (nSPS) is 19.9. The predicted molar refractivity (Wildman–Crippen MR) is 74.0 cm³/mol. The number of hydrogen-bond donors (Lipinski definition) is 1. The lowest BCUT2D eigenvalue weighted by atomic mass is 9.95. The molecule has 0 aliphatic carbocycles. The fourth-order valence-electron chi connectivity index (χ4n) is 2.55. The first kappa shape index (κ1) is 13.1. The number of aromatic nitrogens is 1. The van der Waals surface area contributed by atoms with Crippen LogP contribution < -0.4 is 15.4 Å². The summed E-state index contributed by atoms with van der Waals surface area (Å²) in [5.74, 6) is 2.46. The van der Waals surface area contributed by atoms with Crippen LogP contribution in [0.3, 0.4) is 0 Å². The minimum Gasteiger partial charge on any atom is -0.478 e. The molecule has 4 heteroatoms. The second-order valence-corrected chi connectivity index (χ2v) is 4.80. The van der Waals surface area contributed by atoms with E-state index in [2.05, 4.69) is 16.0 Å². The predicted octanol–water partition coefficient (Wildman–Crippen LogP) is 2.05. The maximum absolute atomic E-state index is 5.65. The van der Waals surface area contributed by atoms with Gasteiger partial charge in [-0.2, -0.15) is 4.98 Å². The van der Waals surface area contributed by atoms with Crippen molar-refractivity contribution in [1.82, 2.24) is 4.98 Å². The molecule has 100 valence electrons. The Morgan fingerprint density at radius 2 is 2.39 bits per heavy atom. The average molecular weight is 249 g/mol. The Labute approximate surface area is 109 Å². The molecule has 2 heterocycles. The van der Waals surface area contributed by atoms with Gasteiger partial charge in [0.25, 0.3) is 0 Å². The van der Waals surface area contributed by atoms with Crippen LogP contribution in [-0.4, -0.2) is 31.2 Å². The van der Waals surface area contributed by atoms with E-state index in [4.69, 9.17) is 10.5 Å². The smallest absolute Gasteiger partial charge is 0.215 e. The van der Waals surface area contributed by atoms with Gasteiger partial charge in [0, 0.05) is 19.2 Å². The molecule has 4 nitrogen and oxygen atoms in total. The van der Waals surface area contributed by atoms with Crippen molar-refractivity contribution in [2.24, 2.45) is 11.7 Å². The molecule has 1 saturated heterocycles. The first-order chi connectivity index (χ1) is 8.83. The molecule has 0 aromatic carbocycles. The van der Waals surface area contributed by atoms with Crippen LogP contribution in [-0.2, 0) is 0 Å². The van der Waals surface area contributed by atoms with E-state index in [0.29, 0.717) is 12.5 Å². The van der Waals surface area contributed by atoms with Crippen LogP contribution in [0, 0.1) is 5.92 Å². The average Bonchev–Trinajstić information content (AvgIpc) is 2.40. The molecule has 1 aromatic heterocycles. The topological polar surface area (TPSA) is 51.4 Å². The summed E-state index contributed by atoms with van der Waals surface area (Å²) in [4.78, 5) is 6.91. The van der Waals surface area contributed by atoms with Crippen LogP contribution in [0.1, 0.15) is 26.2 Å². The third-order valence-electron chi connectivity index (χ3n) is 3.42. The van der Waals surface area contributed by atoms with Gasteiger partial charge in [-0.15, -0.1) is 0 Å². The molecule has 1 aromatic rings. The molecular weight excluding hydrogens is 226 g/mol. The molecule has 1 atom stereocenters. The van der Waals surface area contributed by atoms with E-state index in [1.807, 2.05) is 19.1 Å². The number of ether oxygens (including phenoxy) is 1. The van der Waals surface area contributed by atoms with Crippen molar-refractivity contribution in [2.45, 2.75) is 26.2 Å². The Bertz CT molecular complexity index is 368. The second-order valence-electron chi connectivity index (χ2n) is 4.80. The van der Waals surface area contributed by atoms with Gasteiger partial charge in [-0.1, -0.05) is 6.07 Å². The Morgan fingerprint density at radius 3 is 3.17 bits per heavy atom. The van der Waals surface area contributed by atoms with Gasteiger partial charge in [-0.05, 0) is 44.7 Å². The molecule has 2 N–H and O–H groups in total. The van der Waals surface area contributed by atoms with Crippen molar-refractivity contribution in [2.75, 3.05) is 31.1 Å². The Hall–Kier alpha value is -1.29. The minimum absolute atomic E-state index is 0.659. The van der Waals surface area contributed by atoms with Crippen molar-refractivity contribution in [3.8, 4) is 5.88 Å². The van der Waals surface area contributed by atoms with E-state index < -0.39 is 0 Å². The van der Waals surface area contributed by atoms with Gasteiger partial charge in [-0.25, -0.2) is 0 Å². The quantitative estimate of drug-likeness (QED) is 0.867. The molecule has 1 aliphatic rings. The van der Waals surface area contributed by atoms with Gasteiger partial charge in [0.05, 0.1) is 6.61 Å². The van der Waals surface area contributed by atoms with Crippen LogP contribution in [0.25, 0.3) is 0 Å². The summed E-state index contributed by atoms with van der Waals surface area (Å²) < 4.78 is 5.45. The summed E-state index contributed by atoms with van der Waals surface area (Å²) in [6, 6.07) is 5.99. The van der Waals surface area contributed by atoms with E-state index in [0.717, 1.165) is 37.8 Å². The number of piperidine rings is 1. The van der Waals surface area contributed by atoms with Crippen LogP contribution in [0.4, 0.5) is 5.82 Å². The van der Waals surface area contributed by atoms with Crippen LogP contribution in [0.15, 0.2) is 18.2 Å². The Morgan fingerprint density at radius 1 is 1.50 bits per heavy atom. The number of hydrogen-bond acceptors (Lipinski definition) is 4. The van der Waals surface area contributed by atoms with Crippen LogP contribution in [0.5, 0.6) is 5.88 Å². The van der Waals surface area contributed by atoms with Crippen LogP contribution in [0.2, 0.25) is 0 Å². The molecule has 0 bridgehead atoms. The van der Waals surface area contributed by atoms with Crippen molar-refractivity contribution in [1.29, 1.82) is 0 Å². The zero-order chi connectivity index (χ0) is 12.8. The van der Waals surface area contributed by atoms with Gasteiger partial charge in [0.15, 0.2) is 0 Å². The van der Waals surface area contributed by atoms with Crippen LogP contribution >= 0.6 is 0 Å². The number of rotatable bonds is 5. The molecule has 1 fully saturated rings. The zero-order valence-corrected chi connectivity index (χ0v) is 11.1. The summed E-state index contributed by atoms with van der Waals surface area (Å²) >= 11 is 0. The highest BCUT2D eigenvalue weighted by molar-refractivity contribution is 5.41. The second kappa shape index (κ2) is 6.59. The maximum Gasteiger partial charge on any atom is 0.215 e. The van der Waals surface area contributed by atoms with Gasteiger partial charge < -0.3 is 15.4 Å². The number of nitrogens with two attached hydrogens (primary N) is 1. The lowest BCUT2D eigenvalue weighted by molar-refractivity contribution is 0.326. The highest BCUT2D eigenvalue weighted by Gasteiger charge is 2.20. The monoisotopic (exact) mass is 249 g/mol. The molecule has 0 saturated carbocycles. The van der Waals surface area contributed by atoms with E-state index >= 15 is 0 Å².